The number of ketones is 1. The van der Waals surface area contributed by atoms with E-state index in [4.69, 9.17) is 10.5 Å². The van der Waals surface area contributed by atoms with Crippen LogP contribution in [0.15, 0.2) is 12.1 Å². The van der Waals surface area contributed by atoms with Gasteiger partial charge in [0.2, 0.25) is 5.78 Å². The molecule has 1 aromatic rings. The molecule has 1 unspecified atom stereocenters. The van der Waals surface area contributed by atoms with E-state index in [2.05, 4.69) is 4.98 Å². The molecule has 0 radical (unpaired) electrons. The number of nitrogens with two attached hydrogens (primary N) is 1. The lowest BCUT2D eigenvalue weighted by Gasteiger charge is -2.09. The van der Waals surface area contributed by atoms with Crippen LogP contribution in [0, 0.1) is 6.92 Å². The number of methoxy groups -OCH3 is 1. The van der Waals surface area contributed by atoms with Crippen molar-refractivity contribution in [3.8, 4) is 5.75 Å². The molecule has 0 fully saturated rings. The number of Topliss-reactive ketones (excluding diaryl/α,β-unsaturated/α-hetero) is 1. The molecule has 4 heteroatoms. The normalized spacial score (nSPS) is 12.3. The van der Waals surface area contributed by atoms with Gasteiger partial charge < -0.3 is 10.5 Å². The molecule has 2 N–H and O–H groups in total. The third-order valence-corrected chi connectivity index (χ3v) is 1.86. The Morgan fingerprint density at radius 2 is 2.21 bits per heavy atom. The van der Waals surface area contributed by atoms with Crippen LogP contribution in [0.3, 0.4) is 0 Å². The highest BCUT2D eigenvalue weighted by atomic mass is 16.5. The van der Waals surface area contributed by atoms with Crippen LogP contribution in [-0.2, 0) is 0 Å². The summed E-state index contributed by atoms with van der Waals surface area (Å²) in [5.41, 5.74) is 6.58. The van der Waals surface area contributed by atoms with E-state index in [-0.39, 0.29) is 5.78 Å². The van der Waals surface area contributed by atoms with Gasteiger partial charge in [-0.25, -0.2) is 4.98 Å². The van der Waals surface area contributed by atoms with E-state index in [1.165, 1.54) is 7.11 Å². The maximum absolute atomic E-state index is 11.6. The molecule has 1 aromatic heterocycles. The van der Waals surface area contributed by atoms with Crippen LogP contribution < -0.4 is 10.5 Å². The van der Waals surface area contributed by atoms with Crippen molar-refractivity contribution in [2.75, 3.05) is 7.11 Å². The van der Waals surface area contributed by atoms with Gasteiger partial charge in [-0.15, -0.1) is 0 Å². The number of pyridine rings is 1. The van der Waals surface area contributed by atoms with Crippen LogP contribution in [0.1, 0.15) is 23.1 Å². The number of carbonyl (C=O) groups is 1. The van der Waals surface area contributed by atoms with E-state index in [1.54, 1.807) is 19.1 Å². The van der Waals surface area contributed by atoms with Gasteiger partial charge >= 0.3 is 0 Å². The summed E-state index contributed by atoms with van der Waals surface area (Å²) in [6.07, 6.45) is 0. The molecule has 1 heterocycles. The number of carbonyl (C=O) groups excluding carboxylic acids is 1. The van der Waals surface area contributed by atoms with Crippen LogP contribution in [0.25, 0.3) is 0 Å². The smallest absolute Gasteiger partial charge is 0.201 e. The van der Waals surface area contributed by atoms with Crippen molar-refractivity contribution in [3.05, 3.63) is 23.5 Å². The fourth-order valence-corrected chi connectivity index (χ4v) is 1.10. The zero-order valence-electron chi connectivity index (χ0n) is 8.57. The Hall–Kier alpha value is -1.42. The molecule has 1 rings (SSSR count). The standard InChI is InChI=1S/C10H14N2O2/c1-6-4-5-8(14-3)9(12-6)10(13)7(2)11/h4-5,7H,11H2,1-3H3. The molecule has 4 nitrogen and oxygen atoms in total. The number of nitrogens with zero attached hydrogens (tertiary/aromatic N) is 1. The summed E-state index contributed by atoms with van der Waals surface area (Å²) in [4.78, 5) is 15.7. The lowest BCUT2D eigenvalue weighted by atomic mass is 10.1. The number of aromatic nitrogens is 1. The molecule has 0 aromatic carbocycles. The lowest BCUT2D eigenvalue weighted by Crippen LogP contribution is -2.28. The number of rotatable bonds is 3. The largest absolute Gasteiger partial charge is 0.494 e. The Morgan fingerprint density at radius 3 is 2.71 bits per heavy atom. The minimum Gasteiger partial charge on any atom is -0.494 e. The van der Waals surface area contributed by atoms with Crippen LogP contribution >= 0.6 is 0 Å². The van der Waals surface area contributed by atoms with Gasteiger partial charge in [-0.05, 0) is 26.0 Å². The Labute approximate surface area is 83.1 Å². The first kappa shape index (κ1) is 10.7. The van der Waals surface area contributed by atoms with Crippen molar-refractivity contribution in [2.24, 2.45) is 5.73 Å². The van der Waals surface area contributed by atoms with E-state index >= 15 is 0 Å². The molecule has 14 heavy (non-hydrogen) atoms. The maximum atomic E-state index is 11.6. The summed E-state index contributed by atoms with van der Waals surface area (Å²) in [5, 5.41) is 0. The number of aryl methyl sites for hydroxylation is 1. The summed E-state index contributed by atoms with van der Waals surface area (Å²) in [5.74, 6) is 0.267. The number of hydrogen-bond acceptors (Lipinski definition) is 4. The van der Waals surface area contributed by atoms with Gasteiger partial charge in [-0.3, -0.25) is 4.79 Å². The first-order valence-electron chi connectivity index (χ1n) is 4.37. The Bertz CT molecular complexity index is 348. The van der Waals surface area contributed by atoms with E-state index in [0.29, 0.717) is 11.4 Å². The Morgan fingerprint density at radius 1 is 1.57 bits per heavy atom. The van der Waals surface area contributed by atoms with Gasteiger partial charge in [0.1, 0.15) is 11.4 Å². The van der Waals surface area contributed by atoms with Crippen molar-refractivity contribution in [1.29, 1.82) is 0 Å². The summed E-state index contributed by atoms with van der Waals surface area (Å²) in [7, 11) is 1.50. The second kappa shape index (κ2) is 4.19. The van der Waals surface area contributed by atoms with Crippen LogP contribution in [0.4, 0.5) is 0 Å². The van der Waals surface area contributed by atoms with Gasteiger partial charge in [0.25, 0.3) is 0 Å². The van der Waals surface area contributed by atoms with Crippen LogP contribution in [0.5, 0.6) is 5.75 Å². The van der Waals surface area contributed by atoms with E-state index in [9.17, 15) is 4.79 Å². The first-order chi connectivity index (χ1) is 6.56. The van der Waals surface area contributed by atoms with Gasteiger partial charge in [0, 0.05) is 5.69 Å². The highest BCUT2D eigenvalue weighted by Gasteiger charge is 2.17. The predicted octanol–water partition coefficient (Wildman–Crippen LogP) is 0.929. The second-order valence-corrected chi connectivity index (χ2v) is 3.16. The Kier molecular flexibility index (Phi) is 3.19. The van der Waals surface area contributed by atoms with E-state index in [1.807, 2.05) is 6.92 Å². The lowest BCUT2D eigenvalue weighted by molar-refractivity contribution is 0.0959. The van der Waals surface area contributed by atoms with Crippen LogP contribution in [0.2, 0.25) is 0 Å². The fraction of sp³-hybridized carbons (Fsp3) is 0.400. The van der Waals surface area contributed by atoms with Crippen LogP contribution in [-0.4, -0.2) is 23.9 Å². The molecule has 76 valence electrons. The molecule has 0 saturated heterocycles. The third-order valence-electron chi connectivity index (χ3n) is 1.86. The summed E-state index contributed by atoms with van der Waals surface area (Å²) >= 11 is 0. The van der Waals surface area contributed by atoms with Crippen molar-refractivity contribution in [1.82, 2.24) is 4.98 Å². The topological polar surface area (TPSA) is 65.2 Å². The highest BCUT2D eigenvalue weighted by molar-refractivity contribution is 6.00. The zero-order chi connectivity index (χ0) is 10.7. The zero-order valence-corrected chi connectivity index (χ0v) is 8.57. The molecule has 0 aliphatic rings. The molecular weight excluding hydrogens is 180 g/mol. The SMILES string of the molecule is COc1ccc(C)nc1C(=O)C(C)N. The Balaban J connectivity index is 3.17. The quantitative estimate of drug-likeness (QED) is 0.727. The predicted molar refractivity (Wildman–Crippen MR) is 53.5 cm³/mol. The van der Waals surface area contributed by atoms with Gasteiger partial charge in [0.15, 0.2) is 0 Å². The monoisotopic (exact) mass is 194 g/mol. The van der Waals surface area contributed by atoms with E-state index < -0.39 is 6.04 Å². The third kappa shape index (κ3) is 2.09. The fourth-order valence-electron chi connectivity index (χ4n) is 1.10. The molecule has 0 amide bonds. The van der Waals surface area contributed by atoms with Gasteiger partial charge in [-0.2, -0.15) is 0 Å². The van der Waals surface area contributed by atoms with Crippen molar-refractivity contribution < 1.29 is 9.53 Å². The minimum absolute atomic E-state index is 0.203. The summed E-state index contributed by atoms with van der Waals surface area (Å²) in [6, 6.07) is 2.95. The average Bonchev–Trinajstić information content (AvgIpc) is 2.16. The van der Waals surface area contributed by atoms with Gasteiger partial charge in [0.05, 0.1) is 13.2 Å². The first-order valence-corrected chi connectivity index (χ1v) is 4.37. The second-order valence-electron chi connectivity index (χ2n) is 3.16. The minimum atomic E-state index is -0.557. The number of hydrogen-bond donors (Lipinski definition) is 1. The molecule has 0 saturated carbocycles. The van der Waals surface area contributed by atoms with Crippen molar-refractivity contribution in [2.45, 2.75) is 19.9 Å². The summed E-state index contributed by atoms with van der Waals surface area (Å²) < 4.78 is 5.03. The highest BCUT2D eigenvalue weighted by Crippen LogP contribution is 2.17. The molecule has 0 aliphatic heterocycles. The molecule has 0 bridgehead atoms. The average molecular weight is 194 g/mol. The summed E-state index contributed by atoms with van der Waals surface area (Å²) in [6.45, 7) is 3.45. The van der Waals surface area contributed by atoms with Crippen molar-refractivity contribution >= 4 is 5.78 Å². The van der Waals surface area contributed by atoms with E-state index in [0.717, 1.165) is 5.69 Å². The molecule has 0 aliphatic carbocycles. The molecule has 0 spiro atoms. The van der Waals surface area contributed by atoms with Crippen molar-refractivity contribution in [3.63, 3.8) is 0 Å². The molecule has 1 atom stereocenters. The van der Waals surface area contributed by atoms with Gasteiger partial charge in [-0.1, -0.05) is 0 Å². The number of ether oxygens (including phenoxy) is 1. The maximum Gasteiger partial charge on any atom is 0.201 e. The molecular formula is C10H14N2O2.